The Morgan fingerprint density at radius 3 is 2.40 bits per heavy atom. The highest BCUT2D eigenvalue weighted by atomic mass is 32.1. The van der Waals surface area contributed by atoms with Crippen molar-refractivity contribution in [1.29, 1.82) is 0 Å². The molecule has 0 fully saturated rings. The van der Waals surface area contributed by atoms with Crippen molar-refractivity contribution in [2.75, 3.05) is 13.7 Å². The van der Waals surface area contributed by atoms with E-state index in [1.165, 1.54) is 7.11 Å². The second-order valence-electron chi connectivity index (χ2n) is 5.35. The maximum absolute atomic E-state index is 11.7. The molecule has 0 atom stereocenters. The van der Waals surface area contributed by atoms with Crippen LogP contribution in [0.3, 0.4) is 0 Å². The predicted molar refractivity (Wildman–Crippen MR) is 82.3 cm³/mol. The van der Waals surface area contributed by atoms with Crippen molar-refractivity contribution in [3.05, 3.63) is 23.8 Å². The fourth-order valence-corrected chi connectivity index (χ4v) is 1.64. The molecule has 5 nitrogen and oxygen atoms in total. The van der Waals surface area contributed by atoms with Crippen molar-refractivity contribution < 1.29 is 14.3 Å². The van der Waals surface area contributed by atoms with E-state index in [9.17, 15) is 4.79 Å². The Labute approximate surface area is 124 Å². The Morgan fingerprint density at radius 1 is 1.30 bits per heavy atom. The molecule has 6 heteroatoms. The molecule has 1 aromatic rings. The lowest BCUT2D eigenvalue weighted by Crippen LogP contribution is -2.43. The molecule has 0 bridgehead atoms. The SMILES string of the molecule is COc1cc(OCC(=O)NC(C)(C)C)cc(C(N)=S)c1. The van der Waals surface area contributed by atoms with E-state index in [1.54, 1.807) is 18.2 Å². The van der Waals surface area contributed by atoms with Crippen molar-refractivity contribution >= 4 is 23.1 Å². The third-order valence-electron chi connectivity index (χ3n) is 2.28. The highest BCUT2D eigenvalue weighted by molar-refractivity contribution is 7.80. The zero-order valence-electron chi connectivity index (χ0n) is 12.1. The predicted octanol–water partition coefficient (Wildman–Crippen LogP) is 1.62. The molecule has 1 rings (SSSR count). The molecule has 0 saturated heterocycles. The highest BCUT2D eigenvalue weighted by Crippen LogP contribution is 2.22. The number of hydrogen-bond donors (Lipinski definition) is 2. The van der Waals surface area contributed by atoms with Crippen LogP contribution >= 0.6 is 12.2 Å². The van der Waals surface area contributed by atoms with Crippen LogP contribution in [0.2, 0.25) is 0 Å². The Balaban J connectivity index is 2.75. The molecule has 0 radical (unpaired) electrons. The Bertz CT molecular complexity index is 510. The van der Waals surface area contributed by atoms with Crippen LogP contribution in [0.15, 0.2) is 18.2 Å². The van der Waals surface area contributed by atoms with Gasteiger partial charge in [0.1, 0.15) is 16.5 Å². The molecule has 1 amide bonds. The number of nitrogens with two attached hydrogens (primary N) is 1. The monoisotopic (exact) mass is 296 g/mol. The van der Waals surface area contributed by atoms with Gasteiger partial charge in [-0.05, 0) is 32.9 Å². The van der Waals surface area contributed by atoms with Crippen LogP contribution in [-0.2, 0) is 4.79 Å². The summed E-state index contributed by atoms with van der Waals surface area (Å²) in [7, 11) is 1.54. The average molecular weight is 296 g/mol. The number of thiocarbonyl (C=S) groups is 1. The van der Waals surface area contributed by atoms with Crippen LogP contribution in [-0.4, -0.2) is 30.2 Å². The molecule has 1 aromatic carbocycles. The fourth-order valence-electron chi connectivity index (χ4n) is 1.52. The molecule has 0 spiro atoms. The van der Waals surface area contributed by atoms with E-state index in [2.05, 4.69) is 5.32 Å². The standard InChI is InChI=1S/C14H20N2O3S/c1-14(2,3)16-12(17)8-19-11-6-9(13(15)20)5-10(7-11)18-4/h5-7H,8H2,1-4H3,(H2,15,20)(H,16,17). The second-order valence-corrected chi connectivity index (χ2v) is 5.79. The van der Waals surface area contributed by atoms with Gasteiger partial charge in [0.2, 0.25) is 0 Å². The third kappa shape index (κ3) is 5.44. The maximum atomic E-state index is 11.7. The molecule has 0 aliphatic rings. The lowest BCUT2D eigenvalue weighted by molar-refractivity contribution is -0.124. The summed E-state index contributed by atoms with van der Waals surface area (Å²) in [5, 5.41) is 2.81. The number of carbonyl (C=O) groups is 1. The minimum Gasteiger partial charge on any atom is -0.497 e. The first-order valence-electron chi connectivity index (χ1n) is 6.14. The topological polar surface area (TPSA) is 73.6 Å². The Hall–Kier alpha value is -1.82. The van der Waals surface area contributed by atoms with Crippen LogP contribution < -0.4 is 20.5 Å². The van der Waals surface area contributed by atoms with E-state index in [4.69, 9.17) is 27.4 Å². The number of rotatable bonds is 5. The van der Waals surface area contributed by atoms with Gasteiger partial charge in [-0.25, -0.2) is 0 Å². The largest absolute Gasteiger partial charge is 0.497 e. The van der Waals surface area contributed by atoms with Gasteiger partial charge < -0.3 is 20.5 Å². The molecule has 3 N–H and O–H groups in total. The Kier molecular flexibility index (Phi) is 5.33. The van der Waals surface area contributed by atoms with E-state index in [1.807, 2.05) is 20.8 Å². The minimum atomic E-state index is -0.293. The molecule has 0 unspecified atom stereocenters. The molecular weight excluding hydrogens is 276 g/mol. The summed E-state index contributed by atoms with van der Waals surface area (Å²) >= 11 is 4.92. The van der Waals surface area contributed by atoms with Crippen LogP contribution in [0.1, 0.15) is 26.3 Å². The molecular formula is C14H20N2O3S. The molecule has 0 heterocycles. The van der Waals surface area contributed by atoms with Crippen molar-refractivity contribution in [2.24, 2.45) is 5.73 Å². The molecule has 0 aliphatic carbocycles. The van der Waals surface area contributed by atoms with Crippen molar-refractivity contribution in [2.45, 2.75) is 26.3 Å². The van der Waals surface area contributed by atoms with Gasteiger partial charge in [-0.3, -0.25) is 4.79 Å². The summed E-state index contributed by atoms with van der Waals surface area (Å²) in [6.45, 7) is 5.63. The first kappa shape index (κ1) is 16.2. The number of carbonyl (C=O) groups excluding carboxylic acids is 1. The zero-order valence-corrected chi connectivity index (χ0v) is 13.0. The Morgan fingerprint density at radius 2 is 1.90 bits per heavy atom. The number of nitrogens with one attached hydrogen (secondary N) is 1. The summed E-state index contributed by atoms with van der Waals surface area (Å²) in [5.74, 6) is 0.856. The highest BCUT2D eigenvalue weighted by Gasteiger charge is 2.14. The third-order valence-corrected chi connectivity index (χ3v) is 2.52. The molecule has 0 saturated carbocycles. The van der Waals surface area contributed by atoms with Gasteiger partial charge in [0.25, 0.3) is 5.91 Å². The quantitative estimate of drug-likeness (QED) is 0.808. The van der Waals surface area contributed by atoms with E-state index in [0.29, 0.717) is 17.1 Å². The van der Waals surface area contributed by atoms with E-state index in [-0.39, 0.29) is 23.0 Å². The maximum Gasteiger partial charge on any atom is 0.258 e. The fraction of sp³-hybridized carbons (Fsp3) is 0.429. The van der Waals surface area contributed by atoms with Gasteiger partial charge in [-0.15, -0.1) is 0 Å². The van der Waals surface area contributed by atoms with Gasteiger partial charge in [0.15, 0.2) is 6.61 Å². The van der Waals surface area contributed by atoms with E-state index in [0.717, 1.165) is 0 Å². The van der Waals surface area contributed by atoms with Crippen molar-refractivity contribution in [3.63, 3.8) is 0 Å². The number of amides is 1. The first-order valence-corrected chi connectivity index (χ1v) is 6.55. The smallest absolute Gasteiger partial charge is 0.258 e. The molecule has 20 heavy (non-hydrogen) atoms. The summed E-state index contributed by atoms with van der Waals surface area (Å²) in [5.41, 5.74) is 5.92. The summed E-state index contributed by atoms with van der Waals surface area (Å²) in [6, 6.07) is 5.06. The van der Waals surface area contributed by atoms with E-state index < -0.39 is 0 Å². The zero-order chi connectivity index (χ0) is 15.3. The normalized spacial score (nSPS) is 10.8. The van der Waals surface area contributed by atoms with Crippen molar-refractivity contribution in [1.82, 2.24) is 5.32 Å². The lowest BCUT2D eigenvalue weighted by Gasteiger charge is -2.20. The number of hydrogen-bond acceptors (Lipinski definition) is 4. The summed E-state index contributed by atoms with van der Waals surface area (Å²) < 4.78 is 10.6. The van der Waals surface area contributed by atoms with Crippen LogP contribution in [0, 0.1) is 0 Å². The summed E-state index contributed by atoms with van der Waals surface area (Å²) in [6.07, 6.45) is 0. The van der Waals surface area contributed by atoms with Crippen LogP contribution in [0.4, 0.5) is 0 Å². The second kappa shape index (κ2) is 6.56. The summed E-state index contributed by atoms with van der Waals surface area (Å²) in [4.78, 5) is 11.9. The first-order chi connectivity index (χ1) is 9.21. The van der Waals surface area contributed by atoms with Gasteiger partial charge in [0.05, 0.1) is 7.11 Å². The number of benzene rings is 1. The van der Waals surface area contributed by atoms with Gasteiger partial charge in [0, 0.05) is 17.2 Å². The number of ether oxygens (including phenoxy) is 2. The average Bonchev–Trinajstić information content (AvgIpc) is 2.33. The number of methoxy groups -OCH3 is 1. The molecule has 0 aromatic heterocycles. The van der Waals surface area contributed by atoms with Crippen molar-refractivity contribution in [3.8, 4) is 11.5 Å². The van der Waals surface area contributed by atoms with Crippen LogP contribution in [0.25, 0.3) is 0 Å². The van der Waals surface area contributed by atoms with Gasteiger partial charge in [-0.2, -0.15) is 0 Å². The molecule has 0 aliphatic heterocycles. The lowest BCUT2D eigenvalue weighted by atomic mass is 10.1. The molecule has 110 valence electrons. The van der Waals surface area contributed by atoms with Crippen LogP contribution in [0.5, 0.6) is 11.5 Å². The minimum absolute atomic E-state index is 0.0821. The van der Waals surface area contributed by atoms with Gasteiger partial charge >= 0.3 is 0 Å². The van der Waals surface area contributed by atoms with E-state index >= 15 is 0 Å². The van der Waals surface area contributed by atoms with Gasteiger partial charge in [-0.1, -0.05) is 12.2 Å².